The summed E-state index contributed by atoms with van der Waals surface area (Å²) in [5.41, 5.74) is 5.82. The molecule has 1 atom stereocenters. The molecule has 1 rings (SSSR count). The first-order chi connectivity index (χ1) is 6.91. The van der Waals surface area contributed by atoms with E-state index in [-0.39, 0.29) is 11.8 Å². The predicted molar refractivity (Wildman–Crippen MR) is 61.9 cm³/mol. The van der Waals surface area contributed by atoms with E-state index in [4.69, 9.17) is 5.73 Å². The third-order valence-corrected chi connectivity index (χ3v) is 4.11. The Morgan fingerprint density at radius 1 is 1.40 bits per heavy atom. The molecule has 0 aromatic rings. The van der Waals surface area contributed by atoms with Gasteiger partial charge in [-0.2, -0.15) is 0 Å². The monoisotopic (exact) mass is 234 g/mol. The van der Waals surface area contributed by atoms with Crippen LogP contribution in [0.3, 0.4) is 0 Å². The number of nitrogens with one attached hydrogen (secondary N) is 1. The molecule has 0 aliphatic heterocycles. The molecule has 0 aromatic heterocycles. The number of hydrogen-bond donors (Lipinski definition) is 2. The van der Waals surface area contributed by atoms with Gasteiger partial charge < -0.3 is 5.73 Å². The summed E-state index contributed by atoms with van der Waals surface area (Å²) in [6.45, 7) is 4.43. The molecule has 0 radical (unpaired) electrons. The molecule has 0 spiro atoms. The summed E-state index contributed by atoms with van der Waals surface area (Å²) >= 11 is 0. The Kier molecular flexibility index (Phi) is 4.55. The molecular formula is C10H22N2O2S. The Balaban J connectivity index is 2.22. The molecule has 0 heterocycles. The summed E-state index contributed by atoms with van der Waals surface area (Å²) in [7, 11) is -3.11. The second kappa shape index (κ2) is 5.27. The highest BCUT2D eigenvalue weighted by atomic mass is 32.2. The van der Waals surface area contributed by atoms with Crippen LogP contribution in [0.15, 0.2) is 0 Å². The Labute approximate surface area is 92.7 Å². The molecule has 15 heavy (non-hydrogen) atoms. The third-order valence-electron chi connectivity index (χ3n) is 2.73. The molecule has 1 unspecified atom stereocenters. The lowest BCUT2D eigenvalue weighted by Crippen LogP contribution is -2.39. The number of rotatable bonds is 7. The van der Waals surface area contributed by atoms with E-state index in [0.29, 0.717) is 24.8 Å². The van der Waals surface area contributed by atoms with E-state index in [1.807, 2.05) is 13.8 Å². The Morgan fingerprint density at radius 3 is 2.47 bits per heavy atom. The minimum atomic E-state index is -3.11. The molecule has 0 aromatic carbocycles. The minimum Gasteiger partial charge on any atom is -0.326 e. The van der Waals surface area contributed by atoms with E-state index in [1.165, 1.54) is 0 Å². The lowest BCUT2D eigenvalue weighted by Gasteiger charge is -2.12. The smallest absolute Gasteiger partial charge is 0.211 e. The van der Waals surface area contributed by atoms with Gasteiger partial charge in [-0.25, -0.2) is 13.1 Å². The highest BCUT2D eigenvalue weighted by Gasteiger charge is 2.29. The van der Waals surface area contributed by atoms with Crippen LogP contribution in [0.5, 0.6) is 0 Å². The van der Waals surface area contributed by atoms with Crippen LogP contribution in [0.25, 0.3) is 0 Å². The highest BCUT2D eigenvalue weighted by molar-refractivity contribution is 7.89. The first kappa shape index (κ1) is 12.9. The summed E-state index contributed by atoms with van der Waals surface area (Å²) in [5, 5.41) is 0. The molecule has 4 nitrogen and oxygen atoms in total. The van der Waals surface area contributed by atoms with Crippen LogP contribution in [-0.2, 0) is 10.0 Å². The second-order valence-corrected chi connectivity index (χ2v) is 6.78. The first-order valence-electron chi connectivity index (χ1n) is 5.63. The van der Waals surface area contributed by atoms with Crippen molar-refractivity contribution in [3.8, 4) is 0 Å². The van der Waals surface area contributed by atoms with Crippen molar-refractivity contribution in [2.45, 2.75) is 39.2 Å². The molecular weight excluding hydrogens is 212 g/mol. The average Bonchev–Trinajstić information content (AvgIpc) is 2.94. The fourth-order valence-corrected chi connectivity index (χ4v) is 2.75. The van der Waals surface area contributed by atoms with Crippen molar-refractivity contribution in [2.24, 2.45) is 17.6 Å². The van der Waals surface area contributed by atoms with Gasteiger partial charge in [-0.1, -0.05) is 13.8 Å². The molecule has 0 saturated heterocycles. The quantitative estimate of drug-likeness (QED) is 0.680. The van der Waals surface area contributed by atoms with Gasteiger partial charge in [-0.3, -0.25) is 0 Å². The third kappa shape index (κ3) is 5.49. The largest absolute Gasteiger partial charge is 0.326 e. The van der Waals surface area contributed by atoms with Crippen molar-refractivity contribution >= 4 is 10.0 Å². The molecule has 0 bridgehead atoms. The Hall–Kier alpha value is -0.130. The number of nitrogens with two attached hydrogens (primary N) is 1. The summed E-state index contributed by atoms with van der Waals surface area (Å²) in [6.07, 6.45) is 3.00. The van der Waals surface area contributed by atoms with Gasteiger partial charge in [-0.05, 0) is 31.1 Å². The van der Waals surface area contributed by atoms with Gasteiger partial charge in [-0.15, -0.1) is 0 Å². The molecule has 0 amide bonds. The van der Waals surface area contributed by atoms with Crippen LogP contribution in [0.1, 0.15) is 33.1 Å². The van der Waals surface area contributed by atoms with Crippen molar-refractivity contribution in [1.82, 2.24) is 4.72 Å². The van der Waals surface area contributed by atoms with E-state index in [1.54, 1.807) is 0 Å². The molecule has 1 aliphatic rings. The van der Waals surface area contributed by atoms with Crippen LogP contribution in [-0.4, -0.2) is 26.8 Å². The Morgan fingerprint density at radius 2 is 2.00 bits per heavy atom. The van der Waals surface area contributed by atoms with E-state index in [9.17, 15) is 8.42 Å². The van der Waals surface area contributed by atoms with Crippen molar-refractivity contribution in [1.29, 1.82) is 0 Å². The minimum absolute atomic E-state index is 0.00109. The number of hydrogen-bond acceptors (Lipinski definition) is 3. The van der Waals surface area contributed by atoms with Gasteiger partial charge in [0.25, 0.3) is 0 Å². The maximum absolute atomic E-state index is 11.5. The van der Waals surface area contributed by atoms with Crippen molar-refractivity contribution < 1.29 is 8.42 Å². The topological polar surface area (TPSA) is 72.2 Å². The van der Waals surface area contributed by atoms with Crippen LogP contribution in [0, 0.1) is 11.8 Å². The van der Waals surface area contributed by atoms with E-state index in [2.05, 4.69) is 4.72 Å². The van der Waals surface area contributed by atoms with E-state index in [0.717, 1.165) is 12.8 Å². The number of sulfonamides is 1. The Bertz CT molecular complexity index is 284. The van der Waals surface area contributed by atoms with Crippen LogP contribution >= 0.6 is 0 Å². The zero-order valence-electron chi connectivity index (χ0n) is 9.57. The molecule has 1 fully saturated rings. The fourth-order valence-electron chi connectivity index (χ4n) is 1.38. The summed E-state index contributed by atoms with van der Waals surface area (Å²) in [5.74, 6) is 1.17. The SMILES string of the molecule is CC(C)CCS(=O)(=O)NCC(N)C1CC1. The first-order valence-corrected chi connectivity index (χ1v) is 7.29. The maximum atomic E-state index is 11.5. The molecule has 1 aliphatic carbocycles. The molecule has 90 valence electrons. The highest BCUT2D eigenvalue weighted by Crippen LogP contribution is 2.31. The van der Waals surface area contributed by atoms with Crippen LogP contribution < -0.4 is 10.5 Å². The van der Waals surface area contributed by atoms with Gasteiger partial charge in [0.15, 0.2) is 0 Å². The van der Waals surface area contributed by atoms with Crippen molar-refractivity contribution in [3.05, 3.63) is 0 Å². The fraction of sp³-hybridized carbons (Fsp3) is 1.00. The van der Waals surface area contributed by atoms with Gasteiger partial charge in [0.05, 0.1) is 5.75 Å². The van der Waals surface area contributed by atoms with Gasteiger partial charge in [0, 0.05) is 12.6 Å². The lowest BCUT2D eigenvalue weighted by molar-refractivity contribution is 0.538. The summed E-state index contributed by atoms with van der Waals surface area (Å²) in [6, 6.07) is -0.00109. The van der Waals surface area contributed by atoms with Gasteiger partial charge in [0.1, 0.15) is 0 Å². The van der Waals surface area contributed by atoms with Crippen molar-refractivity contribution in [3.63, 3.8) is 0 Å². The van der Waals surface area contributed by atoms with Crippen molar-refractivity contribution in [2.75, 3.05) is 12.3 Å². The van der Waals surface area contributed by atoms with E-state index < -0.39 is 10.0 Å². The molecule has 1 saturated carbocycles. The lowest BCUT2D eigenvalue weighted by atomic mass is 10.2. The predicted octanol–water partition coefficient (Wildman–Crippen LogP) is 0.689. The normalized spacial score (nSPS) is 19.5. The van der Waals surface area contributed by atoms with Crippen LogP contribution in [0.4, 0.5) is 0 Å². The summed E-state index contributed by atoms with van der Waals surface area (Å²) < 4.78 is 25.6. The standard InChI is InChI=1S/C10H22N2O2S/c1-8(2)5-6-15(13,14)12-7-10(11)9-3-4-9/h8-10,12H,3-7,11H2,1-2H3. The van der Waals surface area contributed by atoms with Gasteiger partial charge in [0.2, 0.25) is 10.0 Å². The second-order valence-electron chi connectivity index (χ2n) is 4.85. The zero-order chi connectivity index (χ0) is 11.5. The van der Waals surface area contributed by atoms with Crippen LogP contribution in [0.2, 0.25) is 0 Å². The average molecular weight is 234 g/mol. The van der Waals surface area contributed by atoms with Gasteiger partial charge >= 0.3 is 0 Å². The zero-order valence-corrected chi connectivity index (χ0v) is 10.4. The maximum Gasteiger partial charge on any atom is 0.211 e. The summed E-state index contributed by atoms with van der Waals surface area (Å²) in [4.78, 5) is 0. The molecule has 3 N–H and O–H groups in total. The van der Waals surface area contributed by atoms with E-state index >= 15 is 0 Å². The molecule has 5 heteroatoms.